The van der Waals surface area contributed by atoms with Crippen LogP contribution in [0.5, 0.6) is 0 Å². The van der Waals surface area contributed by atoms with E-state index in [0.29, 0.717) is 24.2 Å². The largest absolute Gasteiger partial charge is 0.335 e. The molecular weight excluding hydrogens is 312 g/mol. The van der Waals surface area contributed by atoms with Crippen LogP contribution in [0.1, 0.15) is 49.7 Å². The van der Waals surface area contributed by atoms with Gasteiger partial charge < -0.3 is 15.1 Å². The predicted octanol–water partition coefficient (Wildman–Crippen LogP) is 2.86. The van der Waals surface area contributed by atoms with E-state index in [1.54, 1.807) is 0 Å². The molecule has 5 heteroatoms. The van der Waals surface area contributed by atoms with E-state index >= 15 is 0 Å². The number of rotatable bonds is 5. The number of carbonyl (C=O) groups is 1. The van der Waals surface area contributed by atoms with Gasteiger partial charge in [-0.05, 0) is 56.2 Å². The summed E-state index contributed by atoms with van der Waals surface area (Å²) in [5.74, 6) is 0. The van der Waals surface area contributed by atoms with Gasteiger partial charge in [0.05, 0.1) is 11.6 Å². The maximum absolute atomic E-state index is 12.8. The van der Waals surface area contributed by atoms with Crippen molar-refractivity contribution in [1.29, 1.82) is 5.26 Å². The third-order valence-corrected chi connectivity index (χ3v) is 5.60. The first kappa shape index (κ1) is 16.4. The van der Waals surface area contributed by atoms with E-state index in [1.807, 2.05) is 29.2 Å². The van der Waals surface area contributed by atoms with Gasteiger partial charge in [0.15, 0.2) is 0 Å². The molecule has 1 heterocycles. The molecule has 0 atom stereocenters. The highest BCUT2D eigenvalue weighted by Gasteiger charge is 2.35. The molecule has 0 radical (unpaired) electrons. The number of piperidine rings is 1. The van der Waals surface area contributed by atoms with Gasteiger partial charge in [-0.25, -0.2) is 4.79 Å². The first-order valence-corrected chi connectivity index (χ1v) is 9.53. The minimum Gasteiger partial charge on any atom is -0.335 e. The summed E-state index contributed by atoms with van der Waals surface area (Å²) in [7, 11) is 0. The van der Waals surface area contributed by atoms with E-state index in [1.165, 1.54) is 12.8 Å². The van der Waals surface area contributed by atoms with Crippen LogP contribution in [0.4, 0.5) is 4.79 Å². The average molecular weight is 338 g/mol. The van der Waals surface area contributed by atoms with Crippen LogP contribution >= 0.6 is 0 Å². The van der Waals surface area contributed by atoms with Crippen LogP contribution in [0, 0.1) is 11.3 Å². The van der Waals surface area contributed by atoms with Crippen molar-refractivity contribution in [3.8, 4) is 6.07 Å². The summed E-state index contributed by atoms with van der Waals surface area (Å²) in [6, 6.07) is 11.3. The number of likely N-dealkylation sites (tertiary alicyclic amines) is 1. The minimum atomic E-state index is 0.0803. The van der Waals surface area contributed by atoms with Gasteiger partial charge in [0.1, 0.15) is 0 Å². The highest BCUT2D eigenvalue weighted by Crippen LogP contribution is 2.30. The smallest absolute Gasteiger partial charge is 0.318 e. The van der Waals surface area contributed by atoms with Crippen LogP contribution in [-0.4, -0.2) is 47.0 Å². The van der Waals surface area contributed by atoms with Crippen molar-refractivity contribution in [2.24, 2.45) is 0 Å². The number of amides is 2. The summed E-state index contributed by atoms with van der Waals surface area (Å²) < 4.78 is 0. The van der Waals surface area contributed by atoms with E-state index in [0.717, 1.165) is 50.4 Å². The fourth-order valence-electron chi connectivity index (χ4n) is 3.74. The highest BCUT2D eigenvalue weighted by molar-refractivity contribution is 5.75. The molecule has 2 amide bonds. The third kappa shape index (κ3) is 4.13. The SMILES string of the molecule is N#Cc1ccc(CN(C(=O)NC2CCN(C3CC3)CC2)C2CC2)cc1. The fraction of sp³-hybridized carbons (Fsp3) is 0.600. The molecule has 132 valence electrons. The Morgan fingerprint density at radius 2 is 1.80 bits per heavy atom. The Labute approximate surface area is 149 Å². The monoisotopic (exact) mass is 338 g/mol. The van der Waals surface area contributed by atoms with Gasteiger partial charge >= 0.3 is 6.03 Å². The molecule has 0 bridgehead atoms. The molecule has 3 aliphatic rings. The molecule has 1 saturated heterocycles. The van der Waals surface area contributed by atoms with Gasteiger partial charge in [-0.1, -0.05) is 12.1 Å². The van der Waals surface area contributed by atoms with Gasteiger partial charge in [0.25, 0.3) is 0 Å². The van der Waals surface area contributed by atoms with E-state index in [2.05, 4.69) is 16.3 Å². The molecule has 2 saturated carbocycles. The average Bonchev–Trinajstić information content (AvgIpc) is 3.53. The Morgan fingerprint density at radius 1 is 1.12 bits per heavy atom. The summed E-state index contributed by atoms with van der Waals surface area (Å²) in [5, 5.41) is 12.2. The molecule has 0 unspecified atom stereocenters. The number of nitrogens with one attached hydrogen (secondary N) is 1. The number of nitrogens with zero attached hydrogens (tertiary/aromatic N) is 3. The number of urea groups is 1. The van der Waals surface area contributed by atoms with Gasteiger partial charge in [-0.3, -0.25) is 0 Å². The van der Waals surface area contributed by atoms with Crippen LogP contribution in [0.3, 0.4) is 0 Å². The van der Waals surface area contributed by atoms with Crippen molar-refractivity contribution in [3.63, 3.8) is 0 Å². The Balaban J connectivity index is 1.32. The van der Waals surface area contributed by atoms with Crippen LogP contribution < -0.4 is 5.32 Å². The summed E-state index contributed by atoms with van der Waals surface area (Å²) in [5.41, 5.74) is 1.75. The third-order valence-electron chi connectivity index (χ3n) is 5.60. The van der Waals surface area contributed by atoms with Crippen molar-refractivity contribution in [1.82, 2.24) is 15.1 Å². The quantitative estimate of drug-likeness (QED) is 0.898. The lowest BCUT2D eigenvalue weighted by molar-refractivity contribution is 0.165. The van der Waals surface area contributed by atoms with Crippen molar-refractivity contribution in [2.45, 2.75) is 63.2 Å². The molecule has 25 heavy (non-hydrogen) atoms. The minimum absolute atomic E-state index is 0.0803. The molecule has 1 N–H and O–H groups in total. The molecule has 1 aliphatic heterocycles. The van der Waals surface area contributed by atoms with Gasteiger partial charge in [0.2, 0.25) is 0 Å². The second-order valence-electron chi connectivity index (χ2n) is 7.66. The van der Waals surface area contributed by atoms with E-state index < -0.39 is 0 Å². The standard InChI is InChI=1S/C20H26N4O/c21-13-15-1-3-16(4-2-15)14-24(19-7-8-19)20(25)22-17-9-11-23(12-10-17)18-5-6-18/h1-4,17-19H,5-12,14H2,(H,22,25). The first-order chi connectivity index (χ1) is 12.2. The molecule has 0 aromatic heterocycles. The number of hydrogen-bond acceptors (Lipinski definition) is 3. The van der Waals surface area contributed by atoms with Crippen molar-refractivity contribution >= 4 is 6.03 Å². The fourth-order valence-corrected chi connectivity index (χ4v) is 3.74. The van der Waals surface area contributed by atoms with Crippen LogP contribution in [0.25, 0.3) is 0 Å². The summed E-state index contributed by atoms with van der Waals surface area (Å²) in [6.45, 7) is 2.87. The summed E-state index contributed by atoms with van der Waals surface area (Å²) in [4.78, 5) is 17.4. The summed E-state index contributed by atoms with van der Waals surface area (Å²) >= 11 is 0. The number of hydrogen-bond donors (Lipinski definition) is 1. The molecule has 3 fully saturated rings. The maximum Gasteiger partial charge on any atom is 0.318 e. The van der Waals surface area contributed by atoms with Crippen molar-refractivity contribution in [3.05, 3.63) is 35.4 Å². The molecule has 1 aromatic rings. The number of benzene rings is 1. The first-order valence-electron chi connectivity index (χ1n) is 9.53. The topological polar surface area (TPSA) is 59.4 Å². The Kier molecular flexibility index (Phi) is 4.63. The lowest BCUT2D eigenvalue weighted by Crippen LogP contribution is -2.50. The van der Waals surface area contributed by atoms with E-state index in [4.69, 9.17) is 5.26 Å². The van der Waals surface area contributed by atoms with Crippen LogP contribution in [0.2, 0.25) is 0 Å². The van der Waals surface area contributed by atoms with Gasteiger partial charge in [-0.2, -0.15) is 5.26 Å². The normalized spacial score (nSPS) is 21.6. The summed E-state index contributed by atoms with van der Waals surface area (Å²) in [6.07, 6.45) is 7.05. The lowest BCUT2D eigenvalue weighted by atomic mass is 10.1. The molecular formula is C20H26N4O. The van der Waals surface area contributed by atoms with Gasteiger partial charge in [-0.15, -0.1) is 0 Å². The molecule has 0 spiro atoms. The Bertz CT molecular complexity index is 649. The zero-order valence-electron chi connectivity index (χ0n) is 14.7. The molecule has 5 nitrogen and oxygen atoms in total. The van der Waals surface area contributed by atoms with Crippen LogP contribution in [-0.2, 0) is 6.54 Å². The Hall–Kier alpha value is -2.06. The Morgan fingerprint density at radius 3 is 2.36 bits per heavy atom. The molecule has 2 aliphatic carbocycles. The van der Waals surface area contributed by atoms with E-state index in [9.17, 15) is 4.79 Å². The van der Waals surface area contributed by atoms with Crippen molar-refractivity contribution < 1.29 is 4.79 Å². The predicted molar refractivity (Wildman–Crippen MR) is 95.9 cm³/mol. The zero-order chi connectivity index (χ0) is 17.2. The highest BCUT2D eigenvalue weighted by atomic mass is 16.2. The number of carbonyl (C=O) groups excluding carboxylic acids is 1. The van der Waals surface area contributed by atoms with Gasteiger partial charge in [0, 0.05) is 37.8 Å². The van der Waals surface area contributed by atoms with E-state index in [-0.39, 0.29) is 6.03 Å². The zero-order valence-corrected chi connectivity index (χ0v) is 14.7. The lowest BCUT2D eigenvalue weighted by Gasteiger charge is -2.34. The molecule has 4 rings (SSSR count). The molecule has 1 aromatic carbocycles. The van der Waals surface area contributed by atoms with Crippen molar-refractivity contribution in [2.75, 3.05) is 13.1 Å². The van der Waals surface area contributed by atoms with Crippen LogP contribution in [0.15, 0.2) is 24.3 Å². The second kappa shape index (κ2) is 7.05. The number of nitriles is 1. The maximum atomic E-state index is 12.8. The second-order valence-corrected chi connectivity index (χ2v) is 7.66.